The van der Waals surface area contributed by atoms with Crippen LogP contribution in [0, 0.1) is 5.92 Å². The molecule has 1 aliphatic heterocycles. The van der Waals surface area contributed by atoms with Gasteiger partial charge in [-0.1, -0.05) is 31.5 Å². The van der Waals surface area contributed by atoms with Crippen LogP contribution in [0.15, 0.2) is 42.9 Å². The van der Waals surface area contributed by atoms with Crippen LogP contribution in [0.5, 0.6) is 0 Å². The molecule has 0 radical (unpaired) electrons. The largest absolute Gasteiger partial charge is 0.347 e. The second-order valence-electron chi connectivity index (χ2n) is 8.49. The number of hydrogen-bond acceptors (Lipinski definition) is 6. The highest BCUT2D eigenvalue weighted by atomic mass is 16.5. The number of nitrogens with zero attached hydrogens (tertiary/aromatic N) is 4. The van der Waals surface area contributed by atoms with Gasteiger partial charge in [0.05, 0.1) is 5.56 Å². The highest BCUT2D eigenvalue weighted by Gasteiger charge is 2.21. The van der Waals surface area contributed by atoms with E-state index in [1.807, 2.05) is 0 Å². The van der Waals surface area contributed by atoms with Crippen LogP contribution in [0.3, 0.4) is 0 Å². The first-order valence-corrected chi connectivity index (χ1v) is 11.5. The Kier molecular flexibility index (Phi) is 7.34. The minimum atomic E-state index is -0.602. The molecular weight excluding hydrogens is 404 g/mol. The van der Waals surface area contributed by atoms with Gasteiger partial charge in [-0.05, 0) is 43.4 Å². The number of amides is 1. The van der Waals surface area contributed by atoms with E-state index in [-0.39, 0.29) is 5.56 Å². The SMILES string of the molecule is CCCCn1cc(CNCC2CCN(c3ncc(C(=O)NO)cn3)CC2)c2ccccc21. The topological polar surface area (TPSA) is 95.3 Å². The van der Waals surface area contributed by atoms with E-state index in [1.165, 1.54) is 41.7 Å². The summed E-state index contributed by atoms with van der Waals surface area (Å²) >= 11 is 0. The monoisotopic (exact) mass is 436 g/mol. The summed E-state index contributed by atoms with van der Waals surface area (Å²) < 4.78 is 2.39. The molecule has 2 aromatic heterocycles. The van der Waals surface area contributed by atoms with Crippen LogP contribution < -0.4 is 15.7 Å². The molecule has 4 rings (SSSR count). The predicted octanol–water partition coefficient (Wildman–Crippen LogP) is 3.36. The number of aromatic nitrogens is 3. The van der Waals surface area contributed by atoms with Crippen LogP contribution >= 0.6 is 0 Å². The number of hydroxylamine groups is 1. The summed E-state index contributed by atoms with van der Waals surface area (Å²) in [5.41, 5.74) is 4.54. The van der Waals surface area contributed by atoms with E-state index in [9.17, 15) is 4.79 Å². The zero-order chi connectivity index (χ0) is 22.3. The number of rotatable bonds is 9. The molecule has 0 unspecified atom stereocenters. The number of piperidine rings is 1. The Morgan fingerprint density at radius 2 is 1.94 bits per heavy atom. The lowest BCUT2D eigenvalue weighted by Gasteiger charge is -2.32. The molecule has 0 spiro atoms. The van der Waals surface area contributed by atoms with Gasteiger partial charge in [0.25, 0.3) is 5.91 Å². The lowest BCUT2D eigenvalue weighted by Crippen LogP contribution is -2.38. The third-order valence-corrected chi connectivity index (χ3v) is 6.27. The molecule has 0 atom stereocenters. The van der Waals surface area contributed by atoms with Crippen LogP contribution in [0.1, 0.15) is 48.5 Å². The normalized spacial score (nSPS) is 14.8. The summed E-state index contributed by atoms with van der Waals surface area (Å²) in [6.45, 7) is 6.98. The fraction of sp³-hybridized carbons (Fsp3) is 0.458. The van der Waals surface area contributed by atoms with Crippen molar-refractivity contribution in [2.24, 2.45) is 5.92 Å². The van der Waals surface area contributed by atoms with Crippen molar-refractivity contribution >= 4 is 22.8 Å². The smallest absolute Gasteiger partial charge is 0.277 e. The van der Waals surface area contributed by atoms with Gasteiger partial charge in [0.1, 0.15) is 0 Å². The first-order chi connectivity index (χ1) is 15.7. The molecule has 1 aliphatic rings. The zero-order valence-corrected chi connectivity index (χ0v) is 18.6. The number of fused-ring (bicyclic) bond motifs is 1. The van der Waals surface area contributed by atoms with Crippen molar-refractivity contribution in [2.45, 2.75) is 45.7 Å². The number of unbranched alkanes of at least 4 members (excludes halogenated alkanes) is 1. The Hall–Kier alpha value is -2.97. The van der Waals surface area contributed by atoms with Gasteiger partial charge in [0.2, 0.25) is 5.95 Å². The molecule has 32 heavy (non-hydrogen) atoms. The molecular formula is C24H32N6O2. The number of anilines is 1. The molecule has 1 fully saturated rings. The first kappa shape index (κ1) is 22.2. The van der Waals surface area contributed by atoms with Gasteiger partial charge in [-0.15, -0.1) is 0 Å². The minimum Gasteiger partial charge on any atom is -0.347 e. The molecule has 1 amide bonds. The molecule has 8 nitrogen and oxygen atoms in total. The van der Waals surface area contributed by atoms with E-state index in [0.717, 1.165) is 45.6 Å². The second-order valence-corrected chi connectivity index (χ2v) is 8.49. The van der Waals surface area contributed by atoms with E-state index in [0.29, 0.717) is 11.9 Å². The average molecular weight is 437 g/mol. The van der Waals surface area contributed by atoms with Crippen molar-refractivity contribution in [3.8, 4) is 0 Å². The van der Waals surface area contributed by atoms with Crippen molar-refractivity contribution in [1.29, 1.82) is 0 Å². The number of nitrogens with one attached hydrogen (secondary N) is 2. The Labute approximate surface area is 188 Å². The highest BCUT2D eigenvalue weighted by molar-refractivity contribution is 5.92. The molecule has 1 saturated heterocycles. The van der Waals surface area contributed by atoms with Gasteiger partial charge >= 0.3 is 0 Å². The lowest BCUT2D eigenvalue weighted by atomic mass is 9.97. The molecule has 170 valence electrons. The third kappa shape index (κ3) is 5.08. The summed E-state index contributed by atoms with van der Waals surface area (Å²) in [7, 11) is 0. The standard InChI is InChI=1S/C24H32N6O2/c1-2-3-10-30-17-20(21-6-4-5-7-22(21)30)14-25-13-18-8-11-29(12-9-18)24-26-15-19(16-27-24)23(31)28-32/h4-7,15-18,25,32H,2-3,8-14H2,1H3,(H,28,31). The van der Waals surface area contributed by atoms with Crippen LogP contribution in [0.4, 0.5) is 5.95 Å². The molecule has 0 saturated carbocycles. The van der Waals surface area contributed by atoms with Crippen molar-refractivity contribution < 1.29 is 10.0 Å². The molecule has 0 bridgehead atoms. The van der Waals surface area contributed by atoms with Crippen molar-refractivity contribution in [3.05, 3.63) is 54.0 Å². The van der Waals surface area contributed by atoms with E-state index < -0.39 is 5.91 Å². The Morgan fingerprint density at radius 1 is 1.19 bits per heavy atom. The van der Waals surface area contributed by atoms with Gasteiger partial charge < -0.3 is 14.8 Å². The summed E-state index contributed by atoms with van der Waals surface area (Å²) in [6, 6.07) is 8.68. The van der Waals surface area contributed by atoms with E-state index >= 15 is 0 Å². The molecule has 3 heterocycles. The van der Waals surface area contributed by atoms with Crippen molar-refractivity contribution in [2.75, 3.05) is 24.5 Å². The zero-order valence-electron chi connectivity index (χ0n) is 18.6. The van der Waals surface area contributed by atoms with Gasteiger partial charge in [0, 0.05) is 55.7 Å². The summed E-state index contributed by atoms with van der Waals surface area (Å²) in [5.74, 6) is 0.653. The van der Waals surface area contributed by atoms with Crippen LogP contribution in [0.25, 0.3) is 10.9 Å². The van der Waals surface area contributed by atoms with Gasteiger partial charge in [-0.25, -0.2) is 15.4 Å². The summed E-state index contributed by atoms with van der Waals surface area (Å²) in [6.07, 6.45) is 9.75. The maximum Gasteiger partial charge on any atom is 0.277 e. The number of para-hydroxylation sites is 1. The Morgan fingerprint density at radius 3 is 2.66 bits per heavy atom. The quantitative estimate of drug-likeness (QED) is 0.352. The fourth-order valence-electron chi connectivity index (χ4n) is 4.39. The predicted molar refractivity (Wildman–Crippen MR) is 125 cm³/mol. The van der Waals surface area contributed by atoms with Crippen molar-refractivity contribution in [1.82, 2.24) is 25.3 Å². The molecule has 3 aromatic rings. The lowest BCUT2D eigenvalue weighted by molar-refractivity contribution is 0.0705. The first-order valence-electron chi connectivity index (χ1n) is 11.5. The maximum absolute atomic E-state index is 11.4. The van der Waals surface area contributed by atoms with Gasteiger partial charge in [0.15, 0.2) is 0 Å². The highest BCUT2D eigenvalue weighted by Crippen LogP contribution is 2.23. The fourth-order valence-corrected chi connectivity index (χ4v) is 4.39. The number of hydrogen-bond donors (Lipinski definition) is 3. The molecule has 3 N–H and O–H groups in total. The molecule has 1 aromatic carbocycles. The van der Waals surface area contributed by atoms with Crippen molar-refractivity contribution in [3.63, 3.8) is 0 Å². The number of aryl methyl sites for hydroxylation is 1. The van der Waals surface area contributed by atoms with Gasteiger partial charge in [-0.2, -0.15) is 0 Å². The molecule has 0 aliphatic carbocycles. The second kappa shape index (κ2) is 10.6. The van der Waals surface area contributed by atoms with Crippen LogP contribution in [-0.4, -0.2) is 45.3 Å². The minimum absolute atomic E-state index is 0.242. The summed E-state index contributed by atoms with van der Waals surface area (Å²) in [4.78, 5) is 22.1. The number of carbonyl (C=O) groups excluding carboxylic acids is 1. The number of benzene rings is 1. The van der Waals surface area contributed by atoms with Crippen LogP contribution in [-0.2, 0) is 13.1 Å². The third-order valence-electron chi connectivity index (χ3n) is 6.27. The Bertz CT molecular complexity index is 1020. The summed E-state index contributed by atoms with van der Waals surface area (Å²) in [5, 5.41) is 13.7. The average Bonchev–Trinajstić information content (AvgIpc) is 3.20. The van der Waals surface area contributed by atoms with E-state index in [2.05, 4.69) is 62.1 Å². The van der Waals surface area contributed by atoms with Crippen LogP contribution in [0.2, 0.25) is 0 Å². The van der Waals surface area contributed by atoms with Gasteiger partial charge in [-0.3, -0.25) is 10.0 Å². The maximum atomic E-state index is 11.4. The van der Waals surface area contributed by atoms with E-state index in [4.69, 9.17) is 5.21 Å². The number of carbonyl (C=O) groups is 1. The van der Waals surface area contributed by atoms with E-state index in [1.54, 1.807) is 5.48 Å². The molecule has 8 heteroatoms. The Balaban J connectivity index is 1.27.